The number of benzene rings is 1. The molecule has 30 heavy (non-hydrogen) atoms. The van der Waals surface area contributed by atoms with Crippen LogP contribution in [0.15, 0.2) is 46.8 Å². The van der Waals surface area contributed by atoms with E-state index in [0.717, 1.165) is 29.2 Å². The highest BCUT2D eigenvalue weighted by Gasteiger charge is 2.29. The van der Waals surface area contributed by atoms with E-state index >= 15 is 0 Å². The van der Waals surface area contributed by atoms with Crippen LogP contribution in [0.4, 0.5) is 0 Å². The van der Waals surface area contributed by atoms with Crippen LogP contribution in [0.1, 0.15) is 46.9 Å². The number of fused-ring (bicyclic) bond motifs is 1. The van der Waals surface area contributed by atoms with Gasteiger partial charge in [0.25, 0.3) is 0 Å². The van der Waals surface area contributed by atoms with Gasteiger partial charge in [-0.3, -0.25) is 14.0 Å². The number of aliphatic carboxylic acids is 1. The fraction of sp³-hybridized carbons (Fsp3) is 0.250. The van der Waals surface area contributed by atoms with Crippen molar-refractivity contribution in [1.82, 2.24) is 14.1 Å². The largest absolute Gasteiger partial charge is 0.481 e. The standard InChI is InChI=1S/C20H19N3O5S2/c24-17(8-7-16-19(14-1-2-14)22-20-23(16)11-12-29-20)13-3-5-15(6-4-13)30(27,28)21-10-9-18(25)26/h3-8,11-12,14,21H,1-2,9-10H2,(H,25,26)/b8-7+. The zero-order chi connectivity index (χ0) is 21.3. The van der Waals surface area contributed by atoms with Gasteiger partial charge in [0.2, 0.25) is 10.0 Å². The van der Waals surface area contributed by atoms with Crippen molar-refractivity contribution in [2.24, 2.45) is 0 Å². The smallest absolute Gasteiger partial charge is 0.304 e. The molecule has 1 aliphatic carbocycles. The molecule has 1 aromatic carbocycles. The Morgan fingerprint density at radius 2 is 2.00 bits per heavy atom. The van der Waals surface area contributed by atoms with Gasteiger partial charge in [-0.2, -0.15) is 0 Å². The Morgan fingerprint density at radius 3 is 2.67 bits per heavy atom. The van der Waals surface area contributed by atoms with Gasteiger partial charge in [0.05, 0.1) is 22.7 Å². The first kappa shape index (κ1) is 20.5. The predicted octanol–water partition coefficient (Wildman–Crippen LogP) is 2.92. The molecule has 2 heterocycles. The second-order valence-electron chi connectivity index (χ2n) is 6.98. The number of hydrogen-bond acceptors (Lipinski definition) is 6. The van der Waals surface area contributed by atoms with Gasteiger partial charge in [-0.1, -0.05) is 0 Å². The summed E-state index contributed by atoms with van der Waals surface area (Å²) in [5, 5.41) is 10.6. The SMILES string of the molecule is O=C(O)CCNS(=O)(=O)c1ccc(C(=O)/C=C/c2c(C3CC3)nc3sccn23)cc1. The molecule has 0 amide bonds. The van der Waals surface area contributed by atoms with Gasteiger partial charge in [0.1, 0.15) is 0 Å². The number of carboxylic acids is 1. The van der Waals surface area contributed by atoms with Gasteiger partial charge in [-0.25, -0.2) is 18.1 Å². The lowest BCUT2D eigenvalue weighted by molar-refractivity contribution is -0.136. The Morgan fingerprint density at radius 1 is 1.27 bits per heavy atom. The third kappa shape index (κ3) is 4.35. The highest BCUT2D eigenvalue weighted by atomic mass is 32.2. The Balaban J connectivity index is 1.49. The number of nitrogens with one attached hydrogen (secondary N) is 1. The Labute approximate surface area is 176 Å². The van der Waals surface area contributed by atoms with Crippen LogP contribution in [0, 0.1) is 0 Å². The second-order valence-corrected chi connectivity index (χ2v) is 9.62. The molecule has 3 aromatic rings. The lowest BCUT2D eigenvalue weighted by Crippen LogP contribution is -2.26. The Kier molecular flexibility index (Phi) is 5.54. The molecule has 0 saturated heterocycles. The molecule has 0 radical (unpaired) electrons. The van der Waals surface area contributed by atoms with Crippen molar-refractivity contribution in [2.75, 3.05) is 6.54 Å². The minimum absolute atomic E-state index is 0.0276. The molecule has 1 saturated carbocycles. The van der Waals surface area contributed by atoms with Crippen molar-refractivity contribution in [3.8, 4) is 0 Å². The van der Waals surface area contributed by atoms with Crippen molar-refractivity contribution >= 4 is 44.1 Å². The lowest BCUT2D eigenvalue weighted by Gasteiger charge is -2.06. The van der Waals surface area contributed by atoms with Crippen LogP contribution >= 0.6 is 11.3 Å². The molecule has 156 valence electrons. The topological polar surface area (TPSA) is 118 Å². The van der Waals surface area contributed by atoms with E-state index in [9.17, 15) is 18.0 Å². The average Bonchev–Trinajstić information content (AvgIpc) is 3.35. The van der Waals surface area contributed by atoms with Gasteiger partial charge >= 0.3 is 5.97 Å². The summed E-state index contributed by atoms with van der Waals surface area (Å²) in [6.45, 7) is -0.202. The fourth-order valence-corrected chi connectivity index (χ4v) is 4.83. The molecule has 0 bridgehead atoms. The molecule has 2 aromatic heterocycles. The first-order valence-electron chi connectivity index (χ1n) is 9.34. The number of allylic oxidation sites excluding steroid dienone is 1. The molecule has 1 fully saturated rings. The predicted molar refractivity (Wildman–Crippen MR) is 112 cm³/mol. The maximum atomic E-state index is 12.6. The number of nitrogens with zero attached hydrogens (tertiary/aromatic N) is 2. The lowest BCUT2D eigenvalue weighted by atomic mass is 10.1. The number of carbonyl (C=O) groups excluding carboxylic acids is 1. The van der Waals surface area contributed by atoms with Crippen LogP contribution in [0.3, 0.4) is 0 Å². The van der Waals surface area contributed by atoms with Crippen molar-refractivity contribution < 1.29 is 23.1 Å². The van der Waals surface area contributed by atoms with E-state index in [0.29, 0.717) is 11.5 Å². The minimum Gasteiger partial charge on any atom is -0.481 e. The number of rotatable bonds is 9. The van der Waals surface area contributed by atoms with Crippen LogP contribution in [0.2, 0.25) is 0 Å². The first-order chi connectivity index (χ1) is 14.3. The van der Waals surface area contributed by atoms with Gasteiger partial charge in [-0.15, -0.1) is 11.3 Å². The van der Waals surface area contributed by atoms with E-state index in [4.69, 9.17) is 5.11 Å². The third-order valence-corrected chi connectivity index (χ3v) is 7.00. The second kappa shape index (κ2) is 8.13. The molecule has 10 heteroatoms. The van der Waals surface area contributed by atoms with Gasteiger partial charge in [0, 0.05) is 29.6 Å². The summed E-state index contributed by atoms with van der Waals surface area (Å²) < 4.78 is 28.5. The first-order valence-corrected chi connectivity index (χ1v) is 11.7. The van der Waals surface area contributed by atoms with Crippen molar-refractivity contribution in [3.63, 3.8) is 0 Å². The van der Waals surface area contributed by atoms with E-state index < -0.39 is 16.0 Å². The average molecular weight is 446 g/mol. The number of sulfonamides is 1. The van der Waals surface area contributed by atoms with Crippen LogP contribution < -0.4 is 4.72 Å². The molecule has 4 rings (SSSR count). The van der Waals surface area contributed by atoms with Gasteiger partial charge < -0.3 is 5.11 Å². The summed E-state index contributed by atoms with van der Waals surface area (Å²) in [5.74, 6) is -0.886. The minimum atomic E-state index is -3.83. The number of carboxylic acid groups (broad SMARTS) is 1. The van der Waals surface area contributed by atoms with Gasteiger partial charge in [-0.05, 0) is 49.3 Å². The molecule has 1 aliphatic rings. The monoisotopic (exact) mass is 445 g/mol. The number of carbonyl (C=O) groups is 2. The third-order valence-electron chi connectivity index (χ3n) is 4.76. The summed E-state index contributed by atoms with van der Waals surface area (Å²) in [6, 6.07) is 5.54. The molecular weight excluding hydrogens is 426 g/mol. The van der Waals surface area contributed by atoms with E-state index in [2.05, 4.69) is 9.71 Å². The normalized spacial score (nSPS) is 14.5. The number of hydrogen-bond donors (Lipinski definition) is 2. The maximum Gasteiger partial charge on any atom is 0.304 e. The molecule has 2 N–H and O–H groups in total. The number of aromatic nitrogens is 2. The number of ketones is 1. The summed E-state index contributed by atoms with van der Waals surface area (Å²) in [7, 11) is -3.83. The fourth-order valence-electron chi connectivity index (χ4n) is 3.07. The highest BCUT2D eigenvalue weighted by Crippen LogP contribution is 2.42. The van der Waals surface area contributed by atoms with E-state index in [1.54, 1.807) is 17.4 Å². The van der Waals surface area contributed by atoms with Crippen LogP contribution in [0.25, 0.3) is 11.0 Å². The summed E-state index contributed by atoms with van der Waals surface area (Å²) in [6.07, 6.45) is 7.07. The zero-order valence-electron chi connectivity index (χ0n) is 15.8. The molecule has 0 unspecified atom stereocenters. The van der Waals surface area contributed by atoms with Crippen molar-refractivity contribution in [2.45, 2.75) is 30.1 Å². The van der Waals surface area contributed by atoms with E-state index in [1.165, 1.54) is 30.3 Å². The number of thiazole rings is 1. The Hall–Kier alpha value is -2.82. The van der Waals surface area contributed by atoms with Crippen molar-refractivity contribution in [1.29, 1.82) is 0 Å². The van der Waals surface area contributed by atoms with Crippen LogP contribution in [-0.2, 0) is 14.8 Å². The quantitative estimate of drug-likeness (QED) is 0.386. The molecule has 0 aliphatic heterocycles. The van der Waals surface area contributed by atoms with Gasteiger partial charge in [0.15, 0.2) is 10.7 Å². The maximum absolute atomic E-state index is 12.6. The molecule has 8 nitrogen and oxygen atoms in total. The van der Waals surface area contributed by atoms with Crippen LogP contribution in [-0.4, -0.2) is 41.2 Å². The zero-order valence-corrected chi connectivity index (χ0v) is 17.4. The van der Waals surface area contributed by atoms with E-state index in [-0.39, 0.29) is 23.6 Å². The molecule has 0 spiro atoms. The van der Waals surface area contributed by atoms with Crippen molar-refractivity contribution in [3.05, 3.63) is 58.9 Å². The summed E-state index contributed by atoms with van der Waals surface area (Å²) in [4.78, 5) is 28.6. The molecule has 0 atom stereocenters. The highest BCUT2D eigenvalue weighted by molar-refractivity contribution is 7.89. The number of imidazole rings is 1. The Bertz CT molecular complexity index is 1240. The van der Waals surface area contributed by atoms with Crippen LogP contribution in [0.5, 0.6) is 0 Å². The summed E-state index contributed by atoms with van der Waals surface area (Å²) >= 11 is 1.55. The van der Waals surface area contributed by atoms with E-state index in [1.807, 2.05) is 16.0 Å². The molecular formula is C20H19N3O5S2. The summed E-state index contributed by atoms with van der Waals surface area (Å²) in [5.41, 5.74) is 2.28.